The van der Waals surface area contributed by atoms with Crippen LogP contribution in [-0.4, -0.2) is 120 Å². The standard InChI is InChI=1S/C34H47NO10/c1-7-31-16-35(8-2)26-23-24(42-5)25(31)33(26,21(41-4)14-20(31)37)19-15-32(40)28(44-30(39)18-12-10-9-11-13-18)22(19)34(23,45-17(3)36)27(38)29(32)43-6/h9-13,19-29,37-38,40H,7-8,14-16H2,1-6H3/t19-,20-,21+,22-,23+,24+,25-,26?,27+,28-,29+,31-,32-,33+,34-/m1/s1. The second-order valence-corrected chi connectivity index (χ2v) is 14.3. The summed E-state index contributed by atoms with van der Waals surface area (Å²) in [6, 6.07) is 8.29. The van der Waals surface area contributed by atoms with Crippen LogP contribution in [0, 0.1) is 34.5 Å². The van der Waals surface area contributed by atoms with Crippen LogP contribution in [-0.2, 0) is 28.5 Å². The lowest BCUT2D eigenvalue weighted by Crippen LogP contribution is -2.81. The van der Waals surface area contributed by atoms with Gasteiger partial charge in [0.25, 0.3) is 0 Å². The molecule has 1 unspecified atom stereocenters. The van der Waals surface area contributed by atoms with Crippen molar-refractivity contribution in [2.24, 2.45) is 34.5 Å². The van der Waals surface area contributed by atoms with Crippen LogP contribution in [0.3, 0.4) is 0 Å². The lowest BCUT2D eigenvalue weighted by Gasteiger charge is -2.70. The number of benzene rings is 1. The fraction of sp³-hybridized carbons (Fsp3) is 0.765. The number of nitrogens with zero attached hydrogens (tertiary/aromatic N) is 1. The van der Waals surface area contributed by atoms with Crippen molar-refractivity contribution >= 4 is 11.9 Å². The molecule has 1 aliphatic heterocycles. The molecule has 1 aromatic rings. The van der Waals surface area contributed by atoms with E-state index in [2.05, 4.69) is 18.7 Å². The van der Waals surface area contributed by atoms with E-state index >= 15 is 0 Å². The third kappa shape index (κ3) is 3.50. The van der Waals surface area contributed by atoms with E-state index < -0.39 is 88.3 Å². The first kappa shape index (κ1) is 31.5. The highest BCUT2D eigenvalue weighted by Gasteiger charge is 2.92. The number of rotatable bonds is 8. The van der Waals surface area contributed by atoms with E-state index in [0.29, 0.717) is 31.5 Å². The van der Waals surface area contributed by atoms with E-state index in [-0.39, 0.29) is 18.4 Å². The summed E-state index contributed by atoms with van der Waals surface area (Å²) in [7, 11) is 4.71. The lowest BCUT2D eigenvalue weighted by atomic mass is 9.42. The van der Waals surface area contributed by atoms with Crippen molar-refractivity contribution < 1.29 is 48.6 Å². The Morgan fingerprint density at radius 2 is 1.71 bits per heavy atom. The summed E-state index contributed by atoms with van der Waals surface area (Å²) in [5.74, 6) is -3.34. The van der Waals surface area contributed by atoms with Crippen molar-refractivity contribution in [1.29, 1.82) is 0 Å². The number of carbonyl (C=O) groups excluding carboxylic acids is 2. The van der Waals surface area contributed by atoms with Crippen molar-refractivity contribution in [2.45, 2.75) is 93.9 Å². The normalized spacial score (nSPS) is 50.7. The number of carbonyl (C=O) groups is 2. The average Bonchev–Trinajstić information content (AvgIpc) is 3.40. The Morgan fingerprint density at radius 3 is 2.29 bits per heavy atom. The Morgan fingerprint density at radius 1 is 1.00 bits per heavy atom. The van der Waals surface area contributed by atoms with Crippen LogP contribution in [0.1, 0.15) is 50.4 Å². The Labute approximate surface area is 264 Å². The van der Waals surface area contributed by atoms with Gasteiger partial charge in [-0.15, -0.1) is 0 Å². The number of aliphatic hydroxyl groups excluding tert-OH is 2. The number of methoxy groups -OCH3 is 3. The predicted octanol–water partition coefficient (Wildman–Crippen LogP) is 1.41. The topological polar surface area (TPSA) is 144 Å². The molecule has 248 valence electrons. The number of likely N-dealkylation sites (tertiary alicyclic amines) is 1. The van der Waals surface area contributed by atoms with Crippen LogP contribution in [0.15, 0.2) is 30.3 Å². The molecule has 1 saturated heterocycles. The number of hydrogen-bond acceptors (Lipinski definition) is 11. The summed E-state index contributed by atoms with van der Waals surface area (Å²) in [5, 5.41) is 37.2. The molecule has 5 saturated carbocycles. The van der Waals surface area contributed by atoms with E-state index in [1.54, 1.807) is 44.6 Å². The van der Waals surface area contributed by atoms with E-state index in [4.69, 9.17) is 23.7 Å². The highest BCUT2D eigenvalue weighted by atomic mass is 16.6. The molecule has 1 spiro atoms. The minimum Gasteiger partial charge on any atom is -0.455 e. The van der Waals surface area contributed by atoms with Gasteiger partial charge in [-0.25, -0.2) is 4.79 Å². The van der Waals surface area contributed by atoms with Gasteiger partial charge in [-0.05, 0) is 37.4 Å². The van der Waals surface area contributed by atoms with Crippen molar-refractivity contribution in [3.63, 3.8) is 0 Å². The van der Waals surface area contributed by atoms with E-state index in [0.717, 1.165) is 0 Å². The largest absolute Gasteiger partial charge is 0.455 e. The predicted molar refractivity (Wildman–Crippen MR) is 159 cm³/mol. The monoisotopic (exact) mass is 629 g/mol. The number of piperidine rings is 1. The van der Waals surface area contributed by atoms with Gasteiger partial charge in [-0.1, -0.05) is 32.0 Å². The zero-order valence-corrected chi connectivity index (χ0v) is 26.9. The summed E-state index contributed by atoms with van der Waals surface area (Å²) in [4.78, 5) is 29.3. The van der Waals surface area contributed by atoms with E-state index in [1.165, 1.54) is 14.0 Å². The van der Waals surface area contributed by atoms with Gasteiger partial charge >= 0.3 is 11.9 Å². The molecule has 45 heavy (non-hydrogen) atoms. The van der Waals surface area contributed by atoms with Crippen LogP contribution in [0.25, 0.3) is 0 Å². The first-order chi connectivity index (χ1) is 21.5. The Balaban J connectivity index is 1.53. The maximum atomic E-state index is 13.7. The molecule has 6 aliphatic rings. The van der Waals surface area contributed by atoms with Gasteiger partial charge in [0.2, 0.25) is 0 Å². The van der Waals surface area contributed by atoms with Gasteiger partial charge in [0.05, 0.1) is 23.9 Å². The quantitative estimate of drug-likeness (QED) is 0.359. The second kappa shape index (κ2) is 10.4. The zero-order valence-electron chi connectivity index (χ0n) is 26.9. The van der Waals surface area contributed by atoms with Crippen molar-refractivity contribution in [3.05, 3.63) is 35.9 Å². The number of esters is 2. The van der Waals surface area contributed by atoms with Crippen LogP contribution in [0.5, 0.6) is 0 Å². The van der Waals surface area contributed by atoms with Gasteiger partial charge in [0.15, 0.2) is 5.60 Å². The summed E-state index contributed by atoms with van der Waals surface area (Å²) < 4.78 is 31.5. The van der Waals surface area contributed by atoms with Gasteiger partial charge in [0.1, 0.15) is 23.9 Å². The molecule has 0 amide bonds. The molecule has 1 heterocycles. The highest BCUT2D eigenvalue weighted by Crippen LogP contribution is 2.81. The minimum atomic E-state index is -1.80. The maximum Gasteiger partial charge on any atom is 0.338 e. The molecule has 0 radical (unpaired) electrons. The number of hydrogen-bond donors (Lipinski definition) is 3. The molecule has 15 atom stereocenters. The van der Waals surface area contributed by atoms with E-state index in [1.807, 2.05) is 0 Å². The molecule has 11 heteroatoms. The molecule has 3 N–H and O–H groups in total. The van der Waals surface area contributed by atoms with Gasteiger partial charge in [0, 0.05) is 75.8 Å². The summed E-state index contributed by atoms with van der Waals surface area (Å²) >= 11 is 0. The van der Waals surface area contributed by atoms with Crippen molar-refractivity contribution in [3.8, 4) is 0 Å². The first-order valence-corrected chi connectivity index (χ1v) is 16.4. The zero-order chi connectivity index (χ0) is 32.3. The molecule has 11 nitrogen and oxygen atoms in total. The Hall–Kier alpha value is -2.12. The van der Waals surface area contributed by atoms with Gasteiger partial charge in [-0.3, -0.25) is 9.69 Å². The maximum absolute atomic E-state index is 13.7. The fourth-order valence-corrected chi connectivity index (χ4v) is 12.4. The van der Waals surface area contributed by atoms with Crippen LogP contribution < -0.4 is 0 Å². The molecule has 7 rings (SSSR count). The van der Waals surface area contributed by atoms with Gasteiger partial charge < -0.3 is 39.0 Å². The molecular formula is C34H47NO10. The summed E-state index contributed by atoms with van der Waals surface area (Å²) in [6.07, 6.45) is -4.36. The third-order valence-electron chi connectivity index (χ3n) is 13.4. The SMILES string of the molecule is CCN1C[C@]2(CC)[C@H](O)C[C@H](OC)[C@]34C1[C@H]([C@H](OC)[C@H]23)[C@]1(OC(C)=O)[C@H]2[C@@H](OC(=O)c3ccccc3)[C@](O)(C[C@H]24)[C@@H](OC)[C@@H]1O. The molecule has 0 aromatic heterocycles. The third-order valence-corrected chi connectivity index (χ3v) is 13.4. The molecule has 1 aromatic carbocycles. The summed E-state index contributed by atoms with van der Waals surface area (Å²) in [6.45, 7) is 6.75. The average molecular weight is 630 g/mol. The van der Waals surface area contributed by atoms with Crippen LogP contribution >= 0.6 is 0 Å². The first-order valence-electron chi connectivity index (χ1n) is 16.4. The Bertz CT molecular complexity index is 1350. The smallest absolute Gasteiger partial charge is 0.338 e. The van der Waals surface area contributed by atoms with Crippen LogP contribution in [0.2, 0.25) is 0 Å². The summed E-state index contributed by atoms with van der Waals surface area (Å²) in [5.41, 5.74) is -4.40. The number of fused-ring (bicyclic) bond motifs is 2. The second-order valence-electron chi connectivity index (χ2n) is 14.3. The minimum absolute atomic E-state index is 0.118. The fourth-order valence-electron chi connectivity index (χ4n) is 12.4. The Kier molecular flexibility index (Phi) is 7.30. The molecular weight excluding hydrogens is 582 g/mol. The van der Waals surface area contributed by atoms with Crippen molar-refractivity contribution in [1.82, 2.24) is 4.90 Å². The number of aliphatic hydroxyl groups is 3. The lowest BCUT2D eigenvalue weighted by molar-refractivity contribution is -0.321. The molecule has 6 fully saturated rings. The number of ether oxygens (including phenoxy) is 5. The highest BCUT2D eigenvalue weighted by molar-refractivity contribution is 5.89. The van der Waals surface area contributed by atoms with Gasteiger partial charge in [-0.2, -0.15) is 0 Å². The molecule has 7 bridgehead atoms. The van der Waals surface area contributed by atoms with Crippen molar-refractivity contribution in [2.75, 3.05) is 34.4 Å². The van der Waals surface area contributed by atoms with E-state index in [9.17, 15) is 24.9 Å². The van der Waals surface area contributed by atoms with Crippen LogP contribution in [0.4, 0.5) is 0 Å². The molecule has 5 aliphatic carbocycles.